The van der Waals surface area contributed by atoms with Crippen LogP contribution in [0.4, 0.5) is 0 Å². The second-order valence-electron chi connectivity index (χ2n) is 0.823. The third-order valence-corrected chi connectivity index (χ3v) is 0.617. The zero-order valence-electron chi connectivity index (χ0n) is 2.89. The van der Waals surface area contributed by atoms with Crippen molar-refractivity contribution in [2.75, 3.05) is 0 Å². The van der Waals surface area contributed by atoms with E-state index in [9.17, 15) is 0 Å². The number of rotatable bonds is 0. The van der Waals surface area contributed by atoms with Crippen LogP contribution in [0.3, 0.4) is 0 Å². The SMILES string of the molecule is ClC1[C]C=NO1. The molecule has 1 unspecified atom stereocenters. The number of oxime groups is 1. The molecule has 0 bridgehead atoms. The van der Waals surface area contributed by atoms with E-state index in [1.54, 1.807) is 0 Å². The lowest BCUT2D eigenvalue weighted by molar-refractivity contribution is 0.157. The van der Waals surface area contributed by atoms with Crippen LogP contribution in [0.15, 0.2) is 5.16 Å². The van der Waals surface area contributed by atoms with E-state index >= 15 is 0 Å². The van der Waals surface area contributed by atoms with E-state index in [0.717, 1.165) is 0 Å². The van der Waals surface area contributed by atoms with Crippen molar-refractivity contribution in [2.45, 2.75) is 5.56 Å². The van der Waals surface area contributed by atoms with Gasteiger partial charge in [0, 0.05) is 0 Å². The molecule has 1 aliphatic rings. The lowest BCUT2D eigenvalue weighted by Gasteiger charge is -1.89. The first kappa shape index (κ1) is 3.93. The molecule has 3 heteroatoms. The van der Waals surface area contributed by atoms with Crippen LogP contribution in [0.1, 0.15) is 0 Å². The van der Waals surface area contributed by atoms with E-state index in [1.165, 1.54) is 6.21 Å². The average molecular weight is 104 g/mol. The van der Waals surface area contributed by atoms with Gasteiger partial charge in [-0.2, -0.15) is 0 Å². The Labute approximate surface area is 40.7 Å². The van der Waals surface area contributed by atoms with Gasteiger partial charge in [-0.25, -0.2) is 0 Å². The zero-order chi connectivity index (χ0) is 4.41. The molecule has 0 aromatic rings. The summed E-state index contributed by atoms with van der Waals surface area (Å²) in [6.07, 6.45) is 3.97. The van der Waals surface area contributed by atoms with Crippen molar-refractivity contribution < 1.29 is 4.84 Å². The van der Waals surface area contributed by atoms with Crippen molar-refractivity contribution in [3.05, 3.63) is 6.42 Å². The molecular formula is C3H2ClNO. The Morgan fingerprint density at radius 2 is 2.83 bits per heavy atom. The molecule has 0 aromatic carbocycles. The van der Waals surface area contributed by atoms with Gasteiger partial charge in [-0.3, -0.25) is 0 Å². The molecule has 0 amide bonds. The summed E-state index contributed by atoms with van der Waals surface area (Å²) in [4.78, 5) is 4.38. The molecule has 0 fully saturated rings. The van der Waals surface area contributed by atoms with Gasteiger partial charge in [0.1, 0.15) is 0 Å². The number of hydrogen-bond acceptors (Lipinski definition) is 2. The first-order valence-corrected chi connectivity index (χ1v) is 1.91. The Balaban J connectivity index is 2.32. The number of alkyl halides is 1. The first-order chi connectivity index (χ1) is 2.89. The molecule has 2 radical (unpaired) electrons. The molecule has 1 rings (SSSR count). The molecule has 1 heterocycles. The van der Waals surface area contributed by atoms with E-state index in [4.69, 9.17) is 11.6 Å². The molecule has 0 N–H and O–H groups in total. The Morgan fingerprint density at radius 1 is 2.00 bits per heavy atom. The number of halogens is 1. The quantitative estimate of drug-likeness (QED) is 0.413. The summed E-state index contributed by atoms with van der Waals surface area (Å²) in [7, 11) is 0. The number of hydrogen-bond donors (Lipinski definition) is 0. The summed E-state index contributed by atoms with van der Waals surface area (Å²) >= 11 is 5.25. The summed E-state index contributed by atoms with van der Waals surface area (Å²) in [5, 5.41) is 3.30. The molecule has 0 saturated carbocycles. The standard InChI is InChI=1S/C3H2ClNO/c4-3-1-2-5-6-3/h2-3H. The minimum absolute atomic E-state index is 0.454. The van der Waals surface area contributed by atoms with Crippen molar-refractivity contribution >= 4 is 17.8 Å². The van der Waals surface area contributed by atoms with Crippen LogP contribution in [-0.2, 0) is 4.84 Å². The lowest BCUT2D eigenvalue weighted by Crippen LogP contribution is -1.91. The molecular weight excluding hydrogens is 101 g/mol. The van der Waals surface area contributed by atoms with E-state index in [1.807, 2.05) is 0 Å². The van der Waals surface area contributed by atoms with Gasteiger partial charge < -0.3 is 4.84 Å². The minimum Gasteiger partial charge on any atom is -0.376 e. The van der Waals surface area contributed by atoms with Gasteiger partial charge in [-0.05, 0) is 0 Å². The highest BCUT2D eigenvalue weighted by Gasteiger charge is 2.07. The van der Waals surface area contributed by atoms with Crippen LogP contribution in [0.25, 0.3) is 0 Å². The van der Waals surface area contributed by atoms with Gasteiger partial charge in [0.15, 0.2) is 0 Å². The van der Waals surface area contributed by atoms with Crippen molar-refractivity contribution in [1.29, 1.82) is 0 Å². The first-order valence-electron chi connectivity index (χ1n) is 1.47. The smallest absolute Gasteiger partial charge is 0.213 e. The molecule has 0 aliphatic carbocycles. The molecule has 32 valence electrons. The molecule has 1 aliphatic heterocycles. The average Bonchev–Trinajstić information content (AvgIpc) is 1.86. The zero-order valence-corrected chi connectivity index (χ0v) is 3.64. The third-order valence-electron chi connectivity index (χ3n) is 0.412. The van der Waals surface area contributed by atoms with Gasteiger partial charge >= 0.3 is 0 Å². The van der Waals surface area contributed by atoms with E-state index < -0.39 is 5.56 Å². The van der Waals surface area contributed by atoms with Crippen molar-refractivity contribution in [3.8, 4) is 0 Å². The number of nitrogens with zero attached hydrogens (tertiary/aromatic N) is 1. The van der Waals surface area contributed by atoms with Gasteiger partial charge in [0.05, 0.1) is 12.6 Å². The Kier molecular flexibility index (Phi) is 0.965. The fourth-order valence-corrected chi connectivity index (χ4v) is 0.306. The predicted octanol–water partition coefficient (Wildman–Crippen LogP) is 0.649. The van der Waals surface area contributed by atoms with E-state index in [2.05, 4.69) is 16.4 Å². The fourth-order valence-electron chi connectivity index (χ4n) is 0.203. The van der Waals surface area contributed by atoms with E-state index in [0.29, 0.717) is 0 Å². The monoisotopic (exact) mass is 103 g/mol. The third kappa shape index (κ3) is 0.627. The maximum Gasteiger partial charge on any atom is 0.213 e. The van der Waals surface area contributed by atoms with Crippen LogP contribution in [0.2, 0.25) is 0 Å². The molecule has 1 atom stereocenters. The summed E-state index contributed by atoms with van der Waals surface area (Å²) in [6, 6.07) is 0. The maximum atomic E-state index is 5.25. The van der Waals surface area contributed by atoms with Crippen molar-refractivity contribution in [1.82, 2.24) is 0 Å². The van der Waals surface area contributed by atoms with Gasteiger partial charge in [0.2, 0.25) is 5.56 Å². The molecule has 2 nitrogen and oxygen atoms in total. The van der Waals surface area contributed by atoms with Gasteiger partial charge in [-0.15, -0.1) is 0 Å². The Hall–Kier alpha value is -0.240. The highest BCUT2D eigenvalue weighted by Crippen LogP contribution is 2.05. The topological polar surface area (TPSA) is 21.6 Å². The summed E-state index contributed by atoms with van der Waals surface area (Å²) in [6.45, 7) is 0. The normalized spacial score (nSPS) is 30.5. The molecule has 0 spiro atoms. The van der Waals surface area contributed by atoms with Crippen LogP contribution in [0, 0.1) is 6.42 Å². The van der Waals surface area contributed by atoms with Crippen LogP contribution < -0.4 is 0 Å². The van der Waals surface area contributed by atoms with Gasteiger partial charge in [-0.1, -0.05) is 16.8 Å². The summed E-state index contributed by atoms with van der Waals surface area (Å²) in [5.74, 6) is 0. The summed E-state index contributed by atoms with van der Waals surface area (Å²) in [5.41, 5.74) is -0.454. The fraction of sp³-hybridized carbons (Fsp3) is 0.333. The highest BCUT2D eigenvalue weighted by atomic mass is 35.5. The van der Waals surface area contributed by atoms with Crippen molar-refractivity contribution in [2.24, 2.45) is 5.16 Å². The largest absolute Gasteiger partial charge is 0.376 e. The lowest BCUT2D eigenvalue weighted by atomic mass is 10.5. The van der Waals surface area contributed by atoms with Crippen LogP contribution in [0.5, 0.6) is 0 Å². The second kappa shape index (κ2) is 1.47. The molecule has 0 aromatic heterocycles. The van der Waals surface area contributed by atoms with Crippen LogP contribution >= 0.6 is 11.6 Å². The van der Waals surface area contributed by atoms with Crippen molar-refractivity contribution in [3.63, 3.8) is 0 Å². The molecule has 0 saturated heterocycles. The second-order valence-corrected chi connectivity index (χ2v) is 1.22. The van der Waals surface area contributed by atoms with Gasteiger partial charge in [0.25, 0.3) is 0 Å². The highest BCUT2D eigenvalue weighted by molar-refractivity contribution is 6.22. The Morgan fingerprint density at radius 3 is 3.00 bits per heavy atom. The molecule has 6 heavy (non-hydrogen) atoms. The maximum absolute atomic E-state index is 5.25. The minimum atomic E-state index is -0.454. The van der Waals surface area contributed by atoms with Crippen LogP contribution in [-0.4, -0.2) is 11.8 Å². The Bertz CT molecular complexity index is 65.2. The summed E-state index contributed by atoms with van der Waals surface area (Å²) < 4.78 is 0. The predicted molar refractivity (Wildman–Crippen MR) is 22.5 cm³/mol. The van der Waals surface area contributed by atoms with E-state index in [-0.39, 0.29) is 0 Å².